The lowest BCUT2D eigenvalue weighted by Gasteiger charge is -2.21. The van der Waals surface area contributed by atoms with Gasteiger partial charge in [0.25, 0.3) is 0 Å². The molecule has 0 spiro atoms. The van der Waals surface area contributed by atoms with Gasteiger partial charge in [0.2, 0.25) is 5.91 Å². The fraction of sp³-hybridized carbons (Fsp3) is 0.818. The van der Waals surface area contributed by atoms with E-state index in [4.69, 9.17) is 10.8 Å². The molecule has 0 aliphatic heterocycles. The van der Waals surface area contributed by atoms with Crippen molar-refractivity contribution in [2.24, 2.45) is 17.6 Å². The first-order valence-electron chi connectivity index (χ1n) is 5.72. The number of amides is 1. The molecule has 3 atom stereocenters. The second-order valence-corrected chi connectivity index (χ2v) is 4.76. The third-order valence-electron chi connectivity index (χ3n) is 3.18. The lowest BCUT2D eigenvalue weighted by Crippen LogP contribution is -2.49. The van der Waals surface area contributed by atoms with Crippen LogP contribution < -0.4 is 11.1 Å². The van der Waals surface area contributed by atoms with Crippen LogP contribution in [0.25, 0.3) is 0 Å². The van der Waals surface area contributed by atoms with E-state index < -0.39 is 17.9 Å². The highest BCUT2D eigenvalue weighted by molar-refractivity contribution is 5.83. The Morgan fingerprint density at radius 3 is 2.50 bits per heavy atom. The van der Waals surface area contributed by atoms with E-state index in [9.17, 15) is 9.59 Å². The summed E-state index contributed by atoms with van der Waals surface area (Å²) in [7, 11) is 0. The number of carboxylic acids is 1. The number of nitrogens with one attached hydrogen (secondary N) is 1. The Labute approximate surface area is 95.4 Å². The summed E-state index contributed by atoms with van der Waals surface area (Å²) < 4.78 is 0. The van der Waals surface area contributed by atoms with Gasteiger partial charge in [0, 0.05) is 6.04 Å². The van der Waals surface area contributed by atoms with Gasteiger partial charge < -0.3 is 16.2 Å². The standard InChI is InChI=1S/C11H20N2O3/c1-6(2)9(12)10(14)13-8-5-3-4-7(8)11(15)16/h6-9H,3-5,12H2,1-2H3,(H,13,14)(H,15,16)/t7?,8?,9-/m1/s1. The summed E-state index contributed by atoms with van der Waals surface area (Å²) in [6, 6.07) is -0.815. The van der Waals surface area contributed by atoms with E-state index in [0.717, 1.165) is 12.8 Å². The van der Waals surface area contributed by atoms with Crippen LogP contribution >= 0.6 is 0 Å². The molecule has 0 aromatic rings. The van der Waals surface area contributed by atoms with Gasteiger partial charge in [-0.1, -0.05) is 20.3 Å². The van der Waals surface area contributed by atoms with Gasteiger partial charge in [-0.15, -0.1) is 0 Å². The zero-order valence-corrected chi connectivity index (χ0v) is 9.77. The largest absolute Gasteiger partial charge is 0.481 e. The number of hydrogen-bond donors (Lipinski definition) is 3. The molecule has 0 aromatic carbocycles. The van der Waals surface area contributed by atoms with Gasteiger partial charge in [0.15, 0.2) is 0 Å². The zero-order chi connectivity index (χ0) is 12.3. The fourth-order valence-electron chi connectivity index (χ4n) is 2.01. The molecule has 1 rings (SSSR count). The van der Waals surface area contributed by atoms with E-state index in [-0.39, 0.29) is 17.9 Å². The third-order valence-corrected chi connectivity index (χ3v) is 3.18. The molecule has 2 unspecified atom stereocenters. The highest BCUT2D eigenvalue weighted by Crippen LogP contribution is 2.25. The maximum Gasteiger partial charge on any atom is 0.308 e. The molecule has 0 bridgehead atoms. The third kappa shape index (κ3) is 2.95. The Kier molecular flexibility index (Phi) is 4.29. The van der Waals surface area contributed by atoms with Crippen molar-refractivity contribution in [3.05, 3.63) is 0 Å². The van der Waals surface area contributed by atoms with Gasteiger partial charge in [-0.2, -0.15) is 0 Å². The molecule has 1 amide bonds. The van der Waals surface area contributed by atoms with Crippen molar-refractivity contribution in [3.63, 3.8) is 0 Å². The summed E-state index contributed by atoms with van der Waals surface area (Å²) in [5, 5.41) is 11.7. The molecular formula is C11H20N2O3. The van der Waals surface area contributed by atoms with E-state index in [1.54, 1.807) is 0 Å². The van der Waals surface area contributed by atoms with E-state index >= 15 is 0 Å². The molecule has 0 aromatic heterocycles. The fourth-order valence-corrected chi connectivity index (χ4v) is 2.01. The molecule has 5 heteroatoms. The van der Waals surface area contributed by atoms with E-state index in [0.29, 0.717) is 6.42 Å². The monoisotopic (exact) mass is 228 g/mol. The number of aliphatic carboxylic acids is 1. The molecule has 92 valence electrons. The minimum atomic E-state index is -0.832. The zero-order valence-electron chi connectivity index (χ0n) is 9.77. The topological polar surface area (TPSA) is 92.4 Å². The first-order valence-corrected chi connectivity index (χ1v) is 5.72. The molecule has 0 heterocycles. The van der Waals surface area contributed by atoms with Crippen LogP contribution in [-0.2, 0) is 9.59 Å². The van der Waals surface area contributed by atoms with Crippen molar-refractivity contribution in [2.45, 2.75) is 45.2 Å². The van der Waals surface area contributed by atoms with Crippen molar-refractivity contribution >= 4 is 11.9 Å². The Morgan fingerprint density at radius 2 is 2.00 bits per heavy atom. The molecule has 5 nitrogen and oxygen atoms in total. The van der Waals surface area contributed by atoms with Crippen LogP contribution in [-0.4, -0.2) is 29.1 Å². The lowest BCUT2D eigenvalue weighted by molar-refractivity contribution is -0.142. The molecule has 0 radical (unpaired) electrons. The molecule has 16 heavy (non-hydrogen) atoms. The van der Waals surface area contributed by atoms with Gasteiger partial charge in [-0.3, -0.25) is 9.59 Å². The van der Waals surface area contributed by atoms with Crippen LogP contribution in [0.1, 0.15) is 33.1 Å². The van der Waals surface area contributed by atoms with Crippen LogP contribution in [0.3, 0.4) is 0 Å². The lowest BCUT2D eigenvalue weighted by atomic mass is 10.0. The SMILES string of the molecule is CC(C)[C@@H](N)C(=O)NC1CCCC1C(=O)O. The summed E-state index contributed by atoms with van der Waals surface area (Å²) in [4.78, 5) is 22.6. The van der Waals surface area contributed by atoms with E-state index in [1.807, 2.05) is 13.8 Å². The summed E-state index contributed by atoms with van der Waals surface area (Å²) in [5.41, 5.74) is 5.70. The summed E-state index contributed by atoms with van der Waals surface area (Å²) in [6.07, 6.45) is 2.21. The van der Waals surface area contributed by atoms with Crippen LogP contribution in [0.2, 0.25) is 0 Å². The number of carbonyl (C=O) groups excluding carboxylic acids is 1. The maximum atomic E-state index is 11.7. The predicted octanol–water partition coefficient (Wildman–Crippen LogP) is 0.339. The predicted molar refractivity (Wildman–Crippen MR) is 59.7 cm³/mol. The number of rotatable bonds is 4. The first-order chi connectivity index (χ1) is 7.43. The highest BCUT2D eigenvalue weighted by atomic mass is 16.4. The summed E-state index contributed by atoms with van der Waals surface area (Å²) in [5.74, 6) is -1.47. The number of hydrogen-bond acceptors (Lipinski definition) is 3. The molecule has 1 fully saturated rings. The molecule has 4 N–H and O–H groups in total. The number of nitrogens with two attached hydrogens (primary N) is 1. The van der Waals surface area contributed by atoms with Crippen LogP contribution in [0.15, 0.2) is 0 Å². The van der Waals surface area contributed by atoms with Crippen LogP contribution in [0.5, 0.6) is 0 Å². The van der Waals surface area contributed by atoms with Gasteiger partial charge in [0.05, 0.1) is 12.0 Å². The quantitative estimate of drug-likeness (QED) is 0.647. The second kappa shape index (κ2) is 5.30. The molecule has 1 aliphatic carbocycles. The van der Waals surface area contributed by atoms with Gasteiger partial charge in [0.1, 0.15) is 0 Å². The Bertz CT molecular complexity index is 278. The first kappa shape index (κ1) is 13.0. The smallest absolute Gasteiger partial charge is 0.308 e. The van der Waals surface area contributed by atoms with E-state index in [1.165, 1.54) is 0 Å². The summed E-state index contributed by atoms with van der Waals surface area (Å²) >= 11 is 0. The minimum absolute atomic E-state index is 0.0599. The minimum Gasteiger partial charge on any atom is -0.481 e. The normalized spacial score (nSPS) is 26.8. The average molecular weight is 228 g/mol. The maximum absolute atomic E-state index is 11.7. The Balaban J connectivity index is 2.53. The van der Waals surface area contributed by atoms with Crippen molar-refractivity contribution in [2.75, 3.05) is 0 Å². The summed E-state index contributed by atoms with van der Waals surface area (Å²) in [6.45, 7) is 3.74. The number of carbonyl (C=O) groups is 2. The van der Waals surface area contributed by atoms with Crippen LogP contribution in [0.4, 0.5) is 0 Å². The molecule has 1 saturated carbocycles. The molecule has 0 saturated heterocycles. The van der Waals surface area contributed by atoms with Crippen molar-refractivity contribution in [1.82, 2.24) is 5.32 Å². The average Bonchev–Trinajstić information content (AvgIpc) is 2.64. The Morgan fingerprint density at radius 1 is 1.38 bits per heavy atom. The number of carboxylic acid groups (broad SMARTS) is 1. The molecule has 1 aliphatic rings. The van der Waals surface area contributed by atoms with Crippen molar-refractivity contribution in [3.8, 4) is 0 Å². The van der Waals surface area contributed by atoms with Gasteiger partial charge in [-0.05, 0) is 18.8 Å². The Hall–Kier alpha value is -1.10. The molecular weight excluding hydrogens is 208 g/mol. The highest BCUT2D eigenvalue weighted by Gasteiger charge is 2.34. The van der Waals surface area contributed by atoms with E-state index in [2.05, 4.69) is 5.32 Å². The van der Waals surface area contributed by atoms with Crippen molar-refractivity contribution < 1.29 is 14.7 Å². The van der Waals surface area contributed by atoms with Gasteiger partial charge in [-0.25, -0.2) is 0 Å². The second-order valence-electron chi connectivity index (χ2n) is 4.76. The van der Waals surface area contributed by atoms with Crippen molar-refractivity contribution in [1.29, 1.82) is 0 Å². The van der Waals surface area contributed by atoms with Gasteiger partial charge >= 0.3 is 5.97 Å². The van der Waals surface area contributed by atoms with Crippen LogP contribution in [0, 0.1) is 11.8 Å².